The fourth-order valence-corrected chi connectivity index (χ4v) is 9.78. The number of hydrogen-bond donors (Lipinski definition) is 6. The number of aliphatic hydroxyl groups is 3. The minimum Gasteiger partial charge on any atom is -0.462 e. The lowest BCUT2D eigenvalue weighted by Gasteiger charge is -2.21. The van der Waals surface area contributed by atoms with Gasteiger partial charge >= 0.3 is 33.3 Å². The standard InChI is InChI=1S/C54H89N3O16P2/c1-4-5-29-35-45(58)36-31-26-22-18-14-10-8-12-16-20-24-28-33-38-50(60)71-46(41-68-49(59)37-32-27-23-19-15-11-7-6-9-13-17-21-25-30-34-44(2)3)42-69-74(64,65)73-75(66,67)70-43-47-51(61)52(62)53(72-47)57-40-39-48(55)56-54(57)63/h5,10,12,14,16,22,24,26,28-29,31,36,39-40,44-47,51-53,58,61-62H,4,6-9,11,13,15,17-21,23,25,27,30,32-35,37-38,41-43H2,1-3H3,(H,64,65)(H,66,67)(H2,55,56,63)/b14-10-,16-12-,26-22+,28-24-,29-5-,36-31+/t45?,46-,47-,51-,52-,53-/m1/s1. The quantitative estimate of drug-likeness (QED) is 0.0116. The molecule has 0 radical (unpaired) electrons. The van der Waals surface area contributed by atoms with Gasteiger partial charge < -0.3 is 45.1 Å². The van der Waals surface area contributed by atoms with Gasteiger partial charge in [0.1, 0.15) is 30.7 Å². The Balaban J connectivity index is 1.82. The van der Waals surface area contributed by atoms with Crippen LogP contribution < -0.4 is 11.4 Å². The summed E-state index contributed by atoms with van der Waals surface area (Å²) in [6.07, 6.45) is 37.6. The molecule has 8 atom stereocenters. The van der Waals surface area contributed by atoms with Gasteiger partial charge in [-0.25, -0.2) is 13.9 Å². The first-order valence-corrected chi connectivity index (χ1v) is 29.9. The van der Waals surface area contributed by atoms with Crippen molar-refractivity contribution in [1.29, 1.82) is 0 Å². The fourth-order valence-electron chi connectivity index (χ4n) is 7.67. The number of carbonyl (C=O) groups excluding carboxylic acids is 2. The molecule has 0 bridgehead atoms. The number of esters is 2. The van der Waals surface area contributed by atoms with E-state index in [1.807, 2.05) is 67.7 Å². The average molecular weight is 1100 g/mol. The normalized spacial score (nSPS) is 19.9. The molecule has 1 aliphatic heterocycles. The summed E-state index contributed by atoms with van der Waals surface area (Å²) in [5.41, 5.74) is 4.58. The minimum absolute atomic E-state index is 0.0925. The van der Waals surface area contributed by atoms with E-state index in [1.54, 1.807) is 12.2 Å². The largest absolute Gasteiger partial charge is 0.481 e. The van der Waals surface area contributed by atoms with Crippen molar-refractivity contribution in [2.75, 3.05) is 25.6 Å². The highest BCUT2D eigenvalue weighted by Gasteiger charge is 2.46. The van der Waals surface area contributed by atoms with E-state index in [-0.39, 0.29) is 18.7 Å². The molecular weight excluding hydrogens is 1010 g/mol. The Morgan fingerprint density at radius 1 is 0.747 bits per heavy atom. The van der Waals surface area contributed by atoms with Gasteiger partial charge in [0, 0.05) is 19.0 Å². The molecule has 1 fully saturated rings. The maximum absolute atomic E-state index is 12.9. The number of nitrogens with zero attached hydrogens (tertiary/aromatic N) is 2. The number of aromatic nitrogens is 2. The van der Waals surface area contributed by atoms with Crippen LogP contribution in [0, 0.1) is 5.92 Å². The molecule has 21 heteroatoms. The molecule has 0 amide bonds. The van der Waals surface area contributed by atoms with Gasteiger partial charge in [0.05, 0.1) is 19.3 Å². The maximum atomic E-state index is 12.9. The first-order valence-electron chi connectivity index (χ1n) is 26.9. The molecule has 75 heavy (non-hydrogen) atoms. The zero-order chi connectivity index (χ0) is 55.2. The number of carbonyl (C=O) groups is 2. The summed E-state index contributed by atoms with van der Waals surface area (Å²) in [6.45, 7) is 4.20. The number of rotatable bonds is 43. The second-order valence-electron chi connectivity index (χ2n) is 19.0. The van der Waals surface area contributed by atoms with E-state index in [0.29, 0.717) is 25.7 Å². The highest BCUT2D eigenvalue weighted by atomic mass is 31.3. The van der Waals surface area contributed by atoms with Gasteiger partial charge in [-0.3, -0.25) is 23.2 Å². The SMILES string of the molecule is CC/C=C\CC(O)/C=C/C=C/C/C=C\C/C=C\C/C=C\CCC(=O)O[C@H](COC(=O)CCCCCCCCCCCCCCCCC(C)C)COP(=O)(O)OP(=O)(O)OC[C@H]1O[C@@H](n2ccc(N)nc2=O)[C@H](O)[C@@H]1O. The maximum Gasteiger partial charge on any atom is 0.481 e. The van der Waals surface area contributed by atoms with E-state index in [0.717, 1.165) is 61.6 Å². The van der Waals surface area contributed by atoms with Crippen molar-refractivity contribution in [2.45, 2.75) is 205 Å². The first kappa shape index (κ1) is 67.3. The third kappa shape index (κ3) is 33.8. The predicted molar refractivity (Wildman–Crippen MR) is 290 cm³/mol. The molecule has 426 valence electrons. The lowest BCUT2D eigenvalue weighted by atomic mass is 10.0. The van der Waals surface area contributed by atoms with E-state index in [2.05, 4.69) is 23.1 Å². The zero-order valence-corrected chi connectivity index (χ0v) is 46.4. The summed E-state index contributed by atoms with van der Waals surface area (Å²) in [5, 5.41) is 30.8. The molecule has 0 aromatic carbocycles. The summed E-state index contributed by atoms with van der Waals surface area (Å²) in [6, 6.07) is 1.24. The van der Waals surface area contributed by atoms with Crippen LogP contribution in [0.1, 0.15) is 175 Å². The van der Waals surface area contributed by atoms with Gasteiger partial charge in [0.25, 0.3) is 0 Å². The summed E-state index contributed by atoms with van der Waals surface area (Å²) in [5.74, 6) is -0.632. The van der Waals surface area contributed by atoms with Gasteiger partial charge in [-0.05, 0) is 56.9 Å². The number of aliphatic hydroxyl groups excluding tert-OH is 3. The van der Waals surface area contributed by atoms with Gasteiger partial charge in [-0.15, -0.1) is 0 Å². The number of phosphoric acid groups is 2. The second-order valence-corrected chi connectivity index (χ2v) is 22.1. The third-order valence-corrected chi connectivity index (χ3v) is 14.4. The van der Waals surface area contributed by atoms with Crippen LogP contribution in [0.3, 0.4) is 0 Å². The van der Waals surface area contributed by atoms with Crippen molar-refractivity contribution in [2.24, 2.45) is 5.92 Å². The van der Waals surface area contributed by atoms with Crippen LogP contribution in [-0.2, 0) is 46.3 Å². The second kappa shape index (κ2) is 40.4. The molecule has 3 unspecified atom stereocenters. The van der Waals surface area contributed by atoms with Crippen LogP contribution in [0.4, 0.5) is 5.82 Å². The van der Waals surface area contributed by atoms with Crippen LogP contribution in [0.15, 0.2) is 90.0 Å². The highest BCUT2D eigenvalue weighted by molar-refractivity contribution is 7.61. The number of unbranched alkanes of at least 4 members (excludes halogenated alkanes) is 13. The van der Waals surface area contributed by atoms with Crippen LogP contribution in [0.2, 0.25) is 0 Å². The number of hydrogen-bond acceptors (Lipinski definition) is 16. The molecule has 0 aliphatic carbocycles. The van der Waals surface area contributed by atoms with E-state index >= 15 is 0 Å². The molecule has 1 aromatic heterocycles. The van der Waals surface area contributed by atoms with Crippen molar-refractivity contribution >= 4 is 33.4 Å². The molecule has 0 saturated carbocycles. The number of phosphoric ester groups is 2. The predicted octanol–water partition coefficient (Wildman–Crippen LogP) is 10.5. The van der Waals surface area contributed by atoms with E-state index < -0.39 is 89.8 Å². The van der Waals surface area contributed by atoms with Gasteiger partial charge in [0.15, 0.2) is 12.3 Å². The van der Waals surface area contributed by atoms with E-state index in [4.69, 9.17) is 29.0 Å². The van der Waals surface area contributed by atoms with Crippen LogP contribution in [0.25, 0.3) is 0 Å². The van der Waals surface area contributed by atoms with Crippen LogP contribution in [0.5, 0.6) is 0 Å². The molecule has 0 spiro atoms. The summed E-state index contributed by atoms with van der Waals surface area (Å²) >= 11 is 0. The summed E-state index contributed by atoms with van der Waals surface area (Å²) < 4.78 is 56.8. The van der Waals surface area contributed by atoms with Crippen molar-refractivity contribution < 1.29 is 71.4 Å². The molecule has 7 N–H and O–H groups in total. The number of allylic oxidation sites excluding steroid dienone is 10. The fraction of sp³-hybridized carbons (Fsp3) is 0.667. The lowest BCUT2D eigenvalue weighted by molar-refractivity contribution is -0.161. The highest BCUT2D eigenvalue weighted by Crippen LogP contribution is 2.60. The van der Waals surface area contributed by atoms with E-state index in [9.17, 15) is 48.6 Å². The molecule has 1 saturated heterocycles. The topological polar surface area (TPSA) is 286 Å². The smallest absolute Gasteiger partial charge is 0.462 e. The zero-order valence-electron chi connectivity index (χ0n) is 44.6. The van der Waals surface area contributed by atoms with Crippen molar-refractivity contribution in [3.05, 3.63) is 95.7 Å². The molecule has 1 aliphatic rings. The average Bonchev–Trinajstić information content (AvgIpc) is 3.63. The van der Waals surface area contributed by atoms with Crippen LogP contribution >= 0.6 is 15.6 Å². The Hall–Kier alpha value is -3.84. The Kier molecular flexibility index (Phi) is 36.2. The van der Waals surface area contributed by atoms with Crippen LogP contribution in [-0.4, -0.2) is 96.9 Å². The summed E-state index contributed by atoms with van der Waals surface area (Å²) in [7, 11) is -10.9. The monoisotopic (exact) mass is 1100 g/mol. The molecule has 2 rings (SSSR count). The van der Waals surface area contributed by atoms with Crippen molar-refractivity contribution in [1.82, 2.24) is 9.55 Å². The Bertz CT molecular complexity index is 2070. The first-order chi connectivity index (χ1) is 35.9. The molecule has 2 heterocycles. The van der Waals surface area contributed by atoms with Crippen molar-refractivity contribution in [3.8, 4) is 0 Å². The Morgan fingerprint density at radius 2 is 1.32 bits per heavy atom. The molecule has 1 aromatic rings. The third-order valence-electron chi connectivity index (χ3n) is 11.8. The van der Waals surface area contributed by atoms with Gasteiger partial charge in [-0.2, -0.15) is 9.29 Å². The lowest BCUT2D eigenvalue weighted by Crippen LogP contribution is -2.36. The van der Waals surface area contributed by atoms with Gasteiger partial charge in [-0.1, -0.05) is 184 Å². The minimum atomic E-state index is -5.45. The number of anilines is 1. The molecular formula is C54H89N3O16P2. The van der Waals surface area contributed by atoms with Gasteiger partial charge in [0.2, 0.25) is 0 Å². The van der Waals surface area contributed by atoms with Crippen molar-refractivity contribution in [3.63, 3.8) is 0 Å². The molecule has 19 nitrogen and oxygen atoms in total. The Morgan fingerprint density at radius 3 is 1.92 bits per heavy atom. The number of nitrogen functional groups attached to an aromatic ring is 1. The number of nitrogens with two attached hydrogens (primary N) is 1. The summed E-state index contributed by atoms with van der Waals surface area (Å²) in [4.78, 5) is 62.0. The Labute approximate surface area is 445 Å². The number of ether oxygens (including phenoxy) is 3. The van der Waals surface area contributed by atoms with E-state index in [1.165, 1.54) is 70.3 Å².